The molecule has 0 atom stereocenters. The first-order valence-corrected chi connectivity index (χ1v) is 3.61. The Morgan fingerprint density at radius 3 is 2.77 bits per heavy atom. The summed E-state index contributed by atoms with van der Waals surface area (Å²) in [5.74, 6) is 0.0419. The summed E-state index contributed by atoms with van der Waals surface area (Å²) in [5, 5.41) is 8.83. The number of methoxy groups -OCH3 is 1. The van der Waals surface area contributed by atoms with Gasteiger partial charge in [0.2, 0.25) is 5.88 Å². The number of nitrogens with zero attached hydrogens (tertiary/aromatic N) is 1. The second-order valence-corrected chi connectivity index (χ2v) is 2.35. The summed E-state index contributed by atoms with van der Waals surface area (Å²) in [5.41, 5.74) is -0.200. The molecule has 0 amide bonds. The molecule has 5 heteroatoms. The highest BCUT2D eigenvalue weighted by molar-refractivity contribution is 5.34. The van der Waals surface area contributed by atoms with Crippen LogP contribution >= 0.6 is 0 Å². The Labute approximate surface area is 74.0 Å². The van der Waals surface area contributed by atoms with Gasteiger partial charge in [-0.15, -0.1) is 0 Å². The minimum absolute atomic E-state index is 0.0417. The molecule has 1 aromatic rings. The van der Waals surface area contributed by atoms with Crippen molar-refractivity contribution < 1.29 is 18.6 Å². The number of halogens is 2. The topological polar surface area (TPSA) is 42.4 Å². The van der Waals surface area contributed by atoms with Gasteiger partial charge in [-0.2, -0.15) is 0 Å². The van der Waals surface area contributed by atoms with Gasteiger partial charge in [-0.05, 0) is 6.07 Å². The Morgan fingerprint density at radius 1 is 1.62 bits per heavy atom. The predicted octanol–water partition coefficient (Wildman–Crippen LogP) is 1.52. The molecule has 1 rings (SSSR count). The molecule has 0 aromatic carbocycles. The zero-order valence-corrected chi connectivity index (χ0v) is 7.00. The van der Waals surface area contributed by atoms with Crippen LogP contribution in [0.15, 0.2) is 12.3 Å². The van der Waals surface area contributed by atoms with Crippen molar-refractivity contribution in [2.24, 2.45) is 0 Å². The predicted molar refractivity (Wildman–Crippen MR) is 41.7 cm³/mol. The van der Waals surface area contributed by atoms with E-state index in [1.54, 1.807) is 0 Å². The smallest absolute Gasteiger partial charge is 0.264 e. The third kappa shape index (κ3) is 1.92. The van der Waals surface area contributed by atoms with Crippen LogP contribution in [0.1, 0.15) is 17.6 Å². The quantitative estimate of drug-likeness (QED) is 0.783. The highest BCUT2D eigenvalue weighted by Gasteiger charge is 2.16. The van der Waals surface area contributed by atoms with Crippen molar-refractivity contribution in [3.8, 4) is 5.88 Å². The molecule has 0 aliphatic heterocycles. The normalized spacial score (nSPS) is 10.5. The highest BCUT2D eigenvalue weighted by atomic mass is 19.3. The van der Waals surface area contributed by atoms with Crippen LogP contribution < -0.4 is 4.74 Å². The van der Waals surface area contributed by atoms with Crippen molar-refractivity contribution in [3.63, 3.8) is 0 Å². The van der Waals surface area contributed by atoms with E-state index in [-0.39, 0.29) is 17.0 Å². The third-order valence-electron chi connectivity index (χ3n) is 1.64. The molecule has 1 aromatic heterocycles. The molecule has 0 aliphatic carbocycles. The molecule has 72 valence electrons. The van der Waals surface area contributed by atoms with Crippen molar-refractivity contribution >= 4 is 0 Å². The number of aromatic nitrogens is 1. The maximum absolute atomic E-state index is 12.3. The van der Waals surface area contributed by atoms with Crippen LogP contribution in [0.25, 0.3) is 0 Å². The van der Waals surface area contributed by atoms with Crippen LogP contribution in [-0.2, 0) is 6.61 Å². The largest absolute Gasteiger partial charge is 0.481 e. The van der Waals surface area contributed by atoms with Gasteiger partial charge < -0.3 is 9.84 Å². The van der Waals surface area contributed by atoms with Gasteiger partial charge in [-0.3, -0.25) is 0 Å². The van der Waals surface area contributed by atoms with Crippen LogP contribution in [0, 0.1) is 0 Å². The number of pyridine rings is 1. The molecular formula is C8H9F2NO2. The lowest BCUT2D eigenvalue weighted by atomic mass is 10.1. The van der Waals surface area contributed by atoms with Gasteiger partial charge in [0.25, 0.3) is 6.43 Å². The van der Waals surface area contributed by atoms with E-state index >= 15 is 0 Å². The highest BCUT2D eigenvalue weighted by Crippen LogP contribution is 2.27. The number of hydrogen-bond acceptors (Lipinski definition) is 3. The number of aliphatic hydroxyl groups excluding tert-OH is 1. The fourth-order valence-corrected chi connectivity index (χ4v) is 1.03. The lowest BCUT2D eigenvalue weighted by Crippen LogP contribution is -2.00. The second kappa shape index (κ2) is 4.13. The van der Waals surface area contributed by atoms with E-state index in [4.69, 9.17) is 9.84 Å². The lowest BCUT2D eigenvalue weighted by Gasteiger charge is -2.09. The number of hydrogen-bond donors (Lipinski definition) is 1. The molecule has 0 aliphatic rings. The molecular weight excluding hydrogens is 180 g/mol. The molecule has 0 unspecified atom stereocenters. The number of aliphatic hydroxyl groups is 1. The van der Waals surface area contributed by atoms with Gasteiger partial charge in [-0.1, -0.05) is 0 Å². The first-order chi connectivity index (χ1) is 6.20. The standard InChI is InChI=1S/C8H9F2NO2/c1-13-8-6(4-12)5(7(9)10)2-3-11-8/h2-3,7,12H,4H2,1H3. The van der Waals surface area contributed by atoms with E-state index in [0.29, 0.717) is 0 Å². The molecule has 0 saturated heterocycles. The van der Waals surface area contributed by atoms with Crippen molar-refractivity contribution in [2.75, 3.05) is 7.11 Å². The van der Waals surface area contributed by atoms with Gasteiger partial charge in [0.1, 0.15) is 0 Å². The molecule has 13 heavy (non-hydrogen) atoms. The summed E-state index contributed by atoms with van der Waals surface area (Å²) in [4.78, 5) is 3.70. The molecule has 3 nitrogen and oxygen atoms in total. The maximum atomic E-state index is 12.3. The van der Waals surface area contributed by atoms with Crippen LogP contribution in [-0.4, -0.2) is 17.2 Å². The summed E-state index contributed by atoms with van der Waals surface area (Å²) >= 11 is 0. The van der Waals surface area contributed by atoms with Gasteiger partial charge in [0.15, 0.2) is 0 Å². The summed E-state index contributed by atoms with van der Waals surface area (Å²) in [6.45, 7) is -0.503. The Balaban J connectivity index is 3.19. The Kier molecular flexibility index (Phi) is 3.13. The number of alkyl halides is 2. The SMILES string of the molecule is COc1nccc(C(F)F)c1CO. The maximum Gasteiger partial charge on any atom is 0.264 e. The zero-order chi connectivity index (χ0) is 9.84. The molecule has 0 fully saturated rings. The Bertz CT molecular complexity index is 291. The van der Waals surface area contributed by atoms with E-state index in [1.165, 1.54) is 19.4 Å². The lowest BCUT2D eigenvalue weighted by molar-refractivity contribution is 0.146. The molecule has 0 saturated carbocycles. The average Bonchev–Trinajstić information content (AvgIpc) is 2.16. The molecule has 0 bridgehead atoms. The van der Waals surface area contributed by atoms with E-state index in [2.05, 4.69) is 4.98 Å². The van der Waals surface area contributed by atoms with Crippen LogP contribution in [0.5, 0.6) is 5.88 Å². The van der Waals surface area contributed by atoms with Crippen LogP contribution in [0.4, 0.5) is 8.78 Å². The number of rotatable bonds is 3. The summed E-state index contributed by atoms with van der Waals surface area (Å²) < 4.78 is 29.4. The van der Waals surface area contributed by atoms with E-state index in [1.807, 2.05) is 0 Å². The Hall–Kier alpha value is -1.23. The van der Waals surface area contributed by atoms with E-state index < -0.39 is 13.0 Å². The minimum atomic E-state index is -2.63. The molecule has 1 N–H and O–H groups in total. The first kappa shape index (κ1) is 9.85. The molecule has 0 radical (unpaired) electrons. The van der Waals surface area contributed by atoms with Crippen molar-refractivity contribution in [3.05, 3.63) is 23.4 Å². The molecule has 1 heterocycles. The van der Waals surface area contributed by atoms with Crippen LogP contribution in [0.2, 0.25) is 0 Å². The van der Waals surface area contributed by atoms with E-state index in [9.17, 15) is 8.78 Å². The van der Waals surface area contributed by atoms with Crippen molar-refractivity contribution in [2.45, 2.75) is 13.0 Å². The first-order valence-electron chi connectivity index (χ1n) is 3.61. The minimum Gasteiger partial charge on any atom is -0.481 e. The van der Waals surface area contributed by atoms with Gasteiger partial charge >= 0.3 is 0 Å². The summed E-state index contributed by atoms with van der Waals surface area (Å²) in [7, 11) is 1.32. The van der Waals surface area contributed by atoms with Gasteiger partial charge in [0, 0.05) is 17.3 Å². The van der Waals surface area contributed by atoms with Gasteiger partial charge in [0.05, 0.1) is 13.7 Å². The van der Waals surface area contributed by atoms with Gasteiger partial charge in [-0.25, -0.2) is 13.8 Å². The summed E-state index contributed by atoms with van der Waals surface area (Å²) in [6, 6.07) is 1.17. The fraction of sp³-hybridized carbons (Fsp3) is 0.375. The third-order valence-corrected chi connectivity index (χ3v) is 1.64. The second-order valence-electron chi connectivity index (χ2n) is 2.35. The zero-order valence-electron chi connectivity index (χ0n) is 7.00. The molecule has 0 spiro atoms. The number of ether oxygens (including phenoxy) is 1. The van der Waals surface area contributed by atoms with Crippen molar-refractivity contribution in [1.29, 1.82) is 0 Å². The van der Waals surface area contributed by atoms with Crippen LogP contribution in [0.3, 0.4) is 0 Å². The van der Waals surface area contributed by atoms with Crippen molar-refractivity contribution in [1.82, 2.24) is 4.98 Å². The monoisotopic (exact) mass is 189 g/mol. The van der Waals surface area contributed by atoms with E-state index in [0.717, 1.165) is 0 Å². The average molecular weight is 189 g/mol. The Morgan fingerprint density at radius 2 is 2.31 bits per heavy atom. The fourth-order valence-electron chi connectivity index (χ4n) is 1.03. The summed E-state index contributed by atoms with van der Waals surface area (Å²) in [6.07, 6.45) is -1.40.